The Bertz CT molecular complexity index is 223. The zero-order valence-electron chi connectivity index (χ0n) is 9.20. The van der Waals surface area contributed by atoms with Gasteiger partial charge >= 0.3 is 0 Å². The van der Waals surface area contributed by atoms with Crippen molar-refractivity contribution in [1.82, 2.24) is 5.32 Å². The van der Waals surface area contributed by atoms with E-state index in [-0.39, 0.29) is 17.9 Å². The van der Waals surface area contributed by atoms with Crippen LogP contribution in [0.25, 0.3) is 0 Å². The van der Waals surface area contributed by atoms with Gasteiger partial charge in [-0.25, -0.2) is 0 Å². The highest BCUT2D eigenvalue weighted by Gasteiger charge is 2.22. The zero-order valence-corrected chi connectivity index (χ0v) is 10.0. The van der Waals surface area contributed by atoms with Crippen molar-refractivity contribution in [1.29, 1.82) is 5.26 Å². The third-order valence-electron chi connectivity index (χ3n) is 1.89. The number of hydrogen-bond acceptors (Lipinski definition) is 3. The van der Waals surface area contributed by atoms with Crippen molar-refractivity contribution in [3.05, 3.63) is 0 Å². The molecule has 0 saturated heterocycles. The Morgan fingerprint density at radius 3 is 2.43 bits per heavy atom. The number of nitrogens with one attached hydrogen (secondary N) is 1. The summed E-state index contributed by atoms with van der Waals surface area (Å²) in [4.78, 5) is 11.6. The molecule has 0 aliphatic carbocycles. The third-order valence-corrected chi connectivity index (χ3v) is 2.73. The quantitative estimate of drug-likeness (QED) is 0.757. The van der Waals surface area contributed by atoms with Crippen molar-refractivity contribution in [2.45, 2.75) is 26.8 Å². The number of nitrogens with zero attached hydrogens (tertiary/aromatic N) is 1. The molecule has 0 aliphatic rings. The molecule has 14 heavy (non-hydrogen) atoms. The Morgan fingerprint density at radius 1 is 1.50 bits per heavy atom. The zero-order chi connectivity index (χ0) is 11.1. The fourth-order valence-corrected chi connectivity index (χ4v) is 1.72. The first kappa shape index (κ1) is 13.3. The van der Waals surface area contributed by atoms with E-state index < -0.39 is 5.92 Å². The lowest BCUT2D eigenvalue weighted by Gasteiger charge is -2.17. The SMILES string of the molecule is CSCC(C)NC(=O)C(C#N)C(C)C. The van der Waals surface area contributed by atoms with Crippen LogP contribution in [-0.4, -0.2) is 24.0 Å². The molecule has 0 aromatic carbocycles. The molecule has 0 spiro atoms. The second kappa shape index (κ2) is 6.72. The van der Waals surface area contributed by atoms with Crippen LogP contribution in [0, 0.1) is 23.2 Å². The van der Waals surface area contributed by atoms with E-state index in [4.69, 9.17) is 5.26 Å². The molecule has 0 saturated carbocycles. The van der Waals surface area contributed by atoms with Gasteiger partial charge in [-0.2, -0.15) is 17.0 Å². The number of carbonyl (C=O) groups is 1. The van der Waals surface area contributed by atoms with E-state index in [0.717, 1.165) is 5.75 Å². The van der Waals surface area contributed by atoms with Crippen LogP contribution in [0.1, 0.15) is 20.8 Å². The maximum atomic E-state index is 11.6. The number of carbonyl (C=O) groups excluding carboxylic acids is 1. The lowest BCUT2D eigenvalue weighted by Crippen LogP contribution is -2.39. The Morgan fingerprint density at radius 2 is 2.07 bits per heavy atom. The van der Waals surface area contributed by atoms with Crippen LogP contribution in [0.5, 0.6) is 0 Å². The van der Waals surface area contributed by atoms with E-state index >= 15 is 0 Å². The van der Waals surface area contributed by atoms with E-state index in [1.54, 1.807) is 11.8 Å². The van der Waals surface area contributed by atoms with Crippen molar-refractivity contribution in [3.8, 4) is 6.07 Å². The summed E-state index contributed by atoms with van der Waals surface area (Å²) in [5.74, 6) is 0.270. The van der Waals surface area contributed by atoms with Gasteiger partial charge in [0, 0.05) is 11.8 Å². The van der Waals surface area contributed by atoms with E-state index in [1.807, 2.05) is 33.1 Å². The molecule has 0 aliphatic heterocycles. The molecule has 0 aromatic heterocycles. The maximum absolute atomic E-state index is 11.6. The molecule has 1 amide bonds. The smallest absolute Gasteiger partial charge is 0.237 e. The number of hydrogen-bond donors (Lipinski definition) is 1. The summed E-state index contributed by atoms with van der Waals surface area (Å²) in [6, 6.07) is 2.16. The van der Waals surface area contributed by atoms with Crippen LogP contribution in [-0.2, 0) is 4.79 Å². The van der Waals surface area contributed by atoms with Gasteiger partial charge in [-0.05, 0) is 19.1 Å². The standard InChI is InChI=1S/C10H18N2OS/c1-7(2)9(5-11)10(13)12-8(3)6-14-4/h7-9H,6H2,1-4H3,(H,12,13). The summed E-state index contributed by atoms with van der Waals surface area (Å²) in [7, 11) is 0. The highest BCUT2D eigenvalue weighted by Crippen LogP contribution is 2.10. The number of thioether (sulfide) groups is 1. The highest BCUT2D eigenvalue weighted by molar-refractivity contribution is 7.98. The molecule has 1 N–H and O–H groups in total. The maximum Gasteiger partial charge on any atom is 0.237 e. The molecule has 80 valence electrons. The van der Waals surface area contributed by atoms with Gasteiger partial charge < -0.3 is 5.32 Å². The molecular weight excluding hydrogens is 196 g/mol. The largest absolute Gasteiger partial charge is 0.352 e. The van der Waals surface area contributed by atoms with Gasteiger partial charge in [0.1, 0.15) is 5.92 Å². The first-order chi connectivity index (χ1) is 6.52. The van der Waals surface area contributed by atoms with Gasteiger partial charge in [-0.1, -0.05) is 13.8 Å². The van der Waals surface area contributed by atoms with E-state index in [1.165, 1.54) is 0 Å². The molecular formula is C10H18N2OS. The minimum Gasteiger partial charge on any atom is -0.352 e. The van der Waals surface area contributed by atoms with Crippen molar-refractivity contribution in [3.63, 3.8) is 0 Å². The lowest BCUT2D eigenvalue weighted by atomic mass is 9.96. The van der Waals surface area contributed by atoms with Gasteiger partial charge in [-0.15, -0.1) is 0 Å². The first-order valence-electron chi connectivity index (χ1n) is 4.71. The molecule has 3 nitrogen and oxygen atoms in total. The normalized spacial score (nSPS) is 14.6. The van der Waals surface area contributed by atoms with Crippen LogP contribution in [0.2, 0.25) is 0 Å². The monoisotopic (exact) mass is 214 g/mol. The summed E-state index contributed by atoms with van der Waals surface area (Å²) < 4.78 is 0. The predicted octanol–water partition coefficient (Wildman–Crippen LogP) is 1.65. The molecule has 0 aromatic rings. The average molecular weight is 214 g/mol. The first-order valence-corrected chi connectivity index (χ1v) is 6.11. The molecule has 4 heteroatoms. The van der Waals surface area contributed by atoms with Gasteiger partial charge in [0.15, 0.2) is 0 Å². The minimum atomic E-state index is -0.528. The van der Waals surface area contributed by atoms with E-state index in [9.17, 15) is 4.79 Å². The molecule has 0 fully saturated rings. The van der Waals surface area contributed by atoms with Crippen LogP contribution < -0.4 is 5.32 Å². The molecule has 2 unspecified atom stereocenters. The lowest BCUT2D eigenvalue weighted by molar-refractivity contribution is -0.124. The second-order valence-electron chi connectivity index (χ2n) is 3.72. The third kappa shape index (κ3) is 4.52. The van der Waals surface area contributed by atoms with Crippen molar-refractivity contribution < 1.29 is 4.79 Å². The van der Waals surface area contributed by atoms with E-state index in [0.29, 0.717) is 0 Å². The van der Waals surface area contributed by atoms with Gasteiger partial charge in [0.25, 0.3) is 0 Å². The Kier molecular flexibility index (Phi) is 6.39. The van der Waals surface area contributed by atoms with Crippen LogP contribution in [0.3, 0.4) is 0 Å². The summed E-state index contributed by atoms with van der Waals surface area (Å²) >= 11 is 1.68. The Hall–Kier alpha value is -0.690. The summed E-state index contributed by atoms with van der Waals surface area (Å²) in [5.41, 5.74) is 0. The Balaban J connectivity index is 4.12. The van der Waals surface area contributed by atoms with Gasteiger partial charge in [0.05, 0.1) is 6.07 Å². The predicted molar refractivity (Wildman–Crippen MR) is 59.9 cm³/mol. The van der Waals surface area contributed by atoms with E-state index in [2.05, 4.69) is 5.32 Å². The second-order valence-corrected chi connectivity index (χ2v) is 4.63. The molecule has 0 heterocycles. The highest BCUT2D eigenvalue weighted by atomic mass is 32.2. The fraction of sp³-hybridized carbons (Fsp3) is 0.800. The fourth-order valence-electron chi connectivity index (χ4n) is 1.13. The number of nitriles is 1. The van der Waals surface area contributed by atoms with Crippen LogP contribution >= 0.6 is 11.8 Å². The van der Waals surface area contributed by atoms with Gasteiger partial charge in [0.2, 0.25) is 5.91 Å². The minimum absolute atomic E-state index is 0.0708. The van der Waals surface area contributed by atoms with Crippen LogP contribution in [0.4, 0.5) is 0 Å². The van der Waals surface area contributed by atoms with Crippen molar-refractivity contribution >= 4 is 17.7 Å². The summed E-state index contributed by atoms with van der Waals surface area (Å²) in [5, 5.41) is 11.6. The summed E-state index contributed by atoms with van der Waals surface area (Å²) in [6.07, 6.45) is 1.99. The Labute approximate surface area is 90.3 Å². The summed E-state index contributed by atoms with van der Waals surface area (Å²) in [6.45, 7) is 5.71. The number of amides is 1. The molecule has 0 bridgehead atoms. The van der Waals surface area contributed by atoms with Crippen molar-refractivity contribution in [2.75, 3.05) is 12.0 Å². The van der Waals surface area contributed by atoms with Crippen molar-refractivity contribution in [2.24, 2.45) is 11.8 Å². The average Bonchev–Trinajstić information content (AvgIpc) is 2.04. The van der Waals surface area contributed by atoms with Crippen LogP contribution in [0.15, 0.2) is 0 Å². The number of rotatable bonds is 5. The molecule has 0 rings (SSSR count). The molecule has 2 atom stereocenters. The van der Waals surface area contributed by atoms with Gasteiger partial charge in [-0.3, -0.25) is 4.79 Å². The topological polar surface area (TPSA) is 52.9 Å². The molecule has 0 radical (unpaired) electrons.